The van der Waals surface area contributed by atoms with Crippen LogP contribution in [0.1, 0.15) is 30.1 Å². The molecule has 0 aromatic heterocycles. The van der Waals surface area contributed by atoms with E-state index in [4.69, 9.17) is 9.47 Å². The highest BCUT2D eigenvalue weighted by atomic mass is 16.5. The molecule has 1 heterocycles. The lowest BCUT2D eigenvalue weighted by Crippen LogP contribution is -2.37. The Labute approximate surface area is 107 Å². The maximum atomic E-state index is 11.8. The average Bonchev–Trinajstić information content (AvgIpc) is 2.41. The number of carbonyl (C=O) groups is 1. The molecule has 4 nitrogen and oxygen atoms in total. The fourth-order valence-electron chi connectivity index (χ4n) is 2.05. The highest BCUT2D eigenvalue weighted by molar-refractivity contribution is 5.92. The molecule has 1 saturated heterocycles. The second kappa shape index (κ2) is 6.40. The molecule has 1 aromatic rings. The predicted molar refractivity (Wildman–Crippen MR) is 68.9 cm³/mol. The van der Waals surface area contributed by atoms with Crippen LogP contribution in [0.25, 0.3) is 0 Å². The summed E-state index contributed by atoms with van der Waals surface area (Å²) >= 11 is 0. The summed E-state index contributed by atoms with van der Waals surface area (Å²) in [6.45, 7) is 4.04. The third-order valence-corrected chi connectivity index (χ3v) is 2.93. The van der Waals surface area contributed by atoms with Crippen molar-refractivity contribution in [1.29, 1.82) is 0 Å². The van der Waals surface area contributed by atoms with Gasteiger partial charge in [-0.25, -0.2) is 4.79 Å². The van der Waals surface area contributed by atoms with Gasteiger partial charge in [0.1, 0.15) is 17.4 Å². The Morgan fingerprint density at radius 2 is 2.28 bits per heavy atom. The number of hydrogen-bond acceptors (Lipinski definition) is 4. The van der Waals surface area contributed by atoms with E-state index in [9.17, 15) is 4.79 Å². The zero-order chi connectivity index (χ0) is 12.8. The number of carbonyl (C=O) groups excluding carboxylic acids is 1. The van der Waals surface area contributed by atoms with E-state index in [1.807, 2.05) is 18.2 Å². The van der Waals surface area contributed by atoms with E-state index in [0.717, 1.165) is 25.9 Å². The summed E-state index contributed by atoms with van der Waals surface area (Å²) in [7, 11) is 0. The van der Waals surface area contributed by atoms with Gasteiger partial charge in [-0.05, 0) is 38.4 Å². The summed E-state index contributed by atoms with van der Waals surface area (Å²) in [5.41, 5.74) is 0.505. The molecule has 0 aliphatic carbocycles. The zero-order valence-corrected chi connectivity index (χ0v) is 10.6. The summed E-state index contributed by atoms with van der Waals surface area (Å²) < 4.78 is 10.9. The van der Waals surface area contributed by atoms with Crippen LogP contribution in [0.5, 0.6) is 5.75 Å². The normalized spacial score (nSPS) is 19.3. The molecule has 0 saturated carbocycles. The van der Waals surface area contributed by atoms with Gasteiger partial charge in [0.2, 0.25) is 0 Å². The molecule has 2 rings (SSSR count). The number of piperidine rings is 1. The number of esters is 1. The number of ether oxygens (including phenoxy) is 2. The zero-order valence-electron chi connectivity index (χ0n) is 10.6. The molecule has 98 valence electrons. The first-order valence-corrected chi connectivity index (χ1v) is 6.44. The Bertz CT molecular complexity index is 400. The van der Waals surface area contributed by atoms with Crippen molar-refractivity contribution in [1.82, 2.24) is 5.32 Å². The minimum absolute atomic E-state index is 0.134. The lowest BCUT2D eigenvalue weighted by Gasteiger charge is -2.24. The van der Waals surface area contributed by atoms with Gasteiger partial charge in [-0.3, -0.25) is 0 Å². The van der Waals surface area contributed by atoms with Gasteiger partial charge >= 0.3 is 5.97 Å². The quantitative estimate of drug-likeness (QED) is 0.829. The van der Waals surface area contributed by atoms with Crippen LogP contribution in [0.4, 0.5) is 0 Å². The molecule has 1 fully saturated rings. The molecule has 0 radical (unpaired) electrons. The van der Waals surface area contributed by atoms with Gasteiger partial charge in [-0.2, -0.15) is 0 Å². The van der Waals surface area contributed by atoms with Gasteiger partial charge in [0.15, 0.2) is 0 Å². The van der Waals surface area contributed by atoms with Crippen LogP contribution in [0.3, 0.4) is 0 Å². The Morgan fingerprint density at radius 3 is 3.00 bits per heavy atom. The van der Waals surface area contributed by atoms with Crippen LogP contribution in [-0.4, -0.2) is 31.8 Å². The molecule has 18 heavy (non-hydrogen) atoms. The van der Waals surface area contributed by atoms with Gasteiger partial charge < -0.3 is 14.8 Å². The molecular weight excluding hydrogens is 230 g/mol. The molecule has 0 spiro atoms. The van der Waals surface area contributed by atoms with Gasteiger partial charge in [0, 0.05) is 6.54 Å². The molecule has 4 heteroatoms. The van der Waals surface area contributed by atoms with E-state index in [0.29, 0.717) is 17.9 Å². The highest BCUT2D eigenvalue weighted by Gasteiger charge is 2.18. The second-order valence-corrected chi connectivity index (χ2v) is 4.30. The van der Waals surface area contributed by atoms with Gasteiger partial charge in [-0.1, -0.05) is 12.1 Å². The highest BCUT2D eigenvalue weighted by Crippen LogP contribution is 2.22. The van der Waals surface area contributed by atoms with Crippen LogP contribution >= 0.6 is 0 Å². The molecule has 1 aliphatic rings. The molecule has 1 aromatic carbocycles. The van der Waals surface area contributed by atoms with E-state index < -0.39 is 0 Å². The van der Waals surface area contributed by atoms with Crippen LogP contribution in [0.15, 0.2) is 24.3 Å². The third kappa shape index (κ3) is 3.23. The van der Waals surface area contributed by atoms with E-state index in [-0.39, 0.29) is 12.1 Å². The van der Waals surface area contributed by atoms with Gasteiger partial charge in [-0.15, -0.1) is 0 Å². The number of benzene rings is 1. The summed E-state index contributed by atoms with van der Waals surface area (Å²) in [6, 6.07) is 7.25. The van der Waals surface area contributed by atoms with Crippen molar-refractivity contribution < 1.29 is 14.3 Å². The monoisotopic (exact) mass is 249 g/mol. The van der Waals surface area contributed by atoms with Crippen molar-refractivity contribution >= 4 is 5.97 Å². The molecule has 0 amide bonds. The Morgan fingerprint density at radius 1 is 1.44 bits per heavy atom. The summed E-state index contributed by atoms with van der Waals surface area (Å²) in [6.07, 6.45) is 2.26. The standard InChI is InChI=1S/C14H19NO3/c1-2-17-14(16)12-7-3-4-8-13(12)18-11-6-5-9-15-10-11/h3-4,7-8,11,15H,2,5-6,9-10H2,1H3. The third-order valence-electron chi connectivity index (χ3n) is 2.93. The van der Waals surface area contributed by atoms with E-state index in [1.54, 1.807) is 13.0 Å². The van der Waals surface area contributed by atoms with Gasteiger partial charge in [0.25, 0.3) is 0 Å². The minimum Gasteiger partial charge on any atom is -0.488 e. The first-order chi connectivity index (χ1) is 8.81. The molecule has 1 atom stereocenters. The summed E-state index contributed by atoms with van der Waals surface area (Å²) in [4.78, 5) is 11.8. The largest absolute Gasteiger partial charge is 0.488 e. The van der Waals surface area contributed by atoms with E-state index in [1.165, 1.54) is 0 Å². The fraction of sp³-hybridized carbons (Fsp3) is 0.500. The summed E-state index contributed by atoms with van der Waals surface area (Å²) in [5.74, 6) is 0.293. The van der Waals surface area contributed by atoms with Crippen LogP contribution < -0.4 is 10.1 Å². The molecule has 1 N–H and O–H groups in total. The SMILES string of the molecule is CCOC(=O)c1ccccc1OC1CCCNC1. The molecule has 0 bridgehead atoms. The first kappa shape index (κ1) is 12.9. The van der Waals surface area contributed by atoms with E-state index >= 15 is 0 Å². The molecule has 1 aliphatic heterocycles. The fourth-order valence-corrected chi connectivity index (χ4v) is 2.05. The second-order valence-electron chi connectivity index (χ2n) is 4.30. The Hall–Kier alpha value is -1.55. The summed E-state index contributed by atoms with van der Waals surface area (Å²) in [5, 5.41) is 3.29. The number of nitrogens with one attached hydrogen (secondary N) is 1. The lowest BCUT2D eigenvalue weighted by atomic mass is 10.1. The predicted octanol–water partition coefficient (Wildman–Crippen LogP) is 1.99. The minimum atomic E-state index is -0.322. The molecule has 1 unspecified atom stereocenters. The number of hydrogen-bond donors (Lipinski definition) is 1. The van der Waals surface area contributed by atoms with Gasteiger partial charge in [0.05, 0.1) is 6.61 Å². The van der Waals surface area contributed by atoms with E-state index in [2.05, 4.69) is 5.32 Å². The average molecular weight is 249 g/mol. The van der Waals surface area contributed by atoms with Crippen LogP contribution in [0, 0.1) is 0 Å². The molecular formula is C14H19NO3. The van der Waals surface area contributed by atoms with Crippen LogP contribution in [0.2, 0.25) is 0 Å². The smallest absolute Gasteiger partial charge is 0.341 e. The Balaban J connectivity index is 2.08. The Kier molecular flexibility index (Phi) is 4.59. The van der Waals surface area contributed by atoms with Crippen molar-refractivity contribution in [2.75, 3.05) is 19.7 Å². The number of rotatable bonds is 4. The van der Waals surface area contributed by atoms with Crippen molar-refractivity contribution in [2.24, 2.45) is 0 Å². The first-order valence-electron chi connectivity index (χ1n) is 6.44. The van der Waals surface area contributed by atoms with Crippen molar-refractivity contribution in [2.45, 2.75) is 25.9 Å². The van der Waals surface area contributed by atoms with Crippen molar-refractivity contribution in [3.8, 4) is 5.75 Å². The lowest BCUT2D eigenvalue weighted by molar-refractivity contribution is 0.0517. The van der Waals surface area contributed by atoms with Crippen molar-refractivity contribution in [3.63, 3.8) is 0 Å². The maximum absolute atomic E-state index is 11.8. The number of para-hydroxylation sites is 1. The topological polar surface area (TPSA) is 47.6 Å². The van der Waals surface area contributed by atoms with Crippen LogP contribution in [-0.2, 0) is 4.74 Å². The van der Waals surface area contributed by atoms with Crippen molar-refractivity contribution in [3.05, 3.63) is 29.8 Å². The maximum Gasteiger partial charge on any atom is 0.341 e.